The van der Waals surface area contributed by atoms with E-state index < -0.39 is 18.6 Å². The molecular weight excluding hydrogens is 363 g/mol. The zero-order valence-electron chi connectivity index (χ0n) is 14.0. The molecule has 3 aromatic rings. The van der Waals surface area contributed by atoms with Crippen molar-refractivity contribution in [3.63, 3.8) is 0 Å². The highest BCUT2D eigenvalue weighted by atomic mass is 19.4. The number of alkyl halides is 3. The van der Waals surface area contributed by atoms with Gasteiger partial charge < -0.3 is 10.6 Å². The number of benzene rings is 1. The van der Waals surface area contributed by atoms with E-state index in [-0.39, 0.29) is 17.8 Å². The van der Waals surface area contributed by atoms with Crippen LogP contribution in [0.1, 0.15) is 10.4 Å². The minimum Gasteiger partial charge on any atom is -0.383 e. The van der Waals surface area contributed by atoms with Crippen molar-refractivity contribution in [1.82, 2.24) is 19.5 Å². The fourth-order valence-corrected chi connectivity index (χ4v) is 2.47. The summed E-state index contributed by atoms with van der Waals surface area (Å²) in [5, 5.41) is 9.03. The molecule has 0 aliphatic carbocycles. The predicted octanol–water partition coefficient (Wildman–Crippen LogP) is 1.90. The van der Waals surface area contributed by atoms with Crippen molar-refractivity contribution >= 4 is 17.2 Å². The number of carbonyl (C=O) groups is 1. The number of hydrogen-bond donors (Lipinski definition) is 2. The van der Waals surface area contributed by atoms with E-state index in [0.717, 1.165) is 0 Å². The van der Waals surface area contributed by atoms with Gasteiger partial charge in [0, 0.05) is 24.0 Å². The van der Waals surface area contributed by atoms with Crippen LogP contribution in [0.5, 0.6) is 0 Å². The van der Waals surface area contributed by atoms with E-state index in [0.29, 0.717) is 17.9 Å². The largest absolute Gasteiger partial charge is 0.405 e. The van der Waals surface area contributed by atoms with Gasteiger partial charge in [-0.1, -0.05) is 12.1 Å². The van der Waals surface area contributed by atoms with Gasteiger partial charge in [0.05, 0.1) is 6.54 Å². The number of aromatic nitrogens is 3. The average molecular weight is 379 g/mol. The summed E-state index contributed by atoms with van der Waals surface area (Å²) in [7, 11) is 0. The van der Waals surface area contributed by atoms with E-state index in [2.05, 4.69) is 10.4 Å². The maximum absolute atomic E-state index is 12.2. The molecule has 1 aromatic carbocycles. The number of anilines is 1. The number of halogens is 3. The van der Waals surface area contributed by atoms with Crippen LogP contribution in [0.15, 0.2) is 53.5 Å². The molecule has 0 aliphatic heterocycles. The number of amides is 1. The van der Waals surface area contributed by atoms with Gasteiger partial charge in [-0.15, -0.1) is 5.10 Å². The standard InChI is InChI=1S/C17H16F3N5O2/c18-17(19,20)11-22-15(26)12-4-3-5-13(10-12)21-7-9-25-16(27)24-8-2-1-6-14(24)23-25/h1-6,8,10,21H,7,9,11H2,(H,22,26). The second-order valence-electron chi connectivity index (χ2n) is 5.74. The molecule has 2 aromatic heterocycles. The van der Waals surface area contributed by atoms with Crippen LogP contribution in [0.2, 0.25) is 0 Å². The summed E-state index contributed by atoms with van der Waals surface area (Å²) in [5.74, 6) is -0.812. The lowest BCUT2D eigenvalue weighted by atomic mass is 10.2. The molecular formula is C17H16F3N5O2. The van der Waals surface area contributed by atoms with Crippen LogP contribution in [0.25, 0.3) is 5.65 Å². The Morgan fingerprint density at radius 2 is 1.96 bits per heavy atom. The first-order valence-corrected chi connectivity index (χ1v) is 8.06. The minimum atomic E-state index is -4.47. The van der Waals surface area contributed by atoms with E-state index in [1.165, 1.54) is 21.2 Å². The molecule has 0 radical (unpaired) electrons. The molecule has 0 aliphatic rings. The maximum atomic E-state index is 12.2. The molecule has 27 heavy (non-hydrogen) atoms. The molecule has 0 fully saturated rings. The molecule has 0 unspecified atom stereocenters. The quantitative estimate of drug-likeness (QED) is 0.686. The van der Waals surface area contributed by atoms with E-state index in [1.54, 1.807) is 36.5 Å². The normalized spacial score (nSPS) is 11.5. The third-order valence-electron chi connectivity index (χ3n) is 3.72. The molecule has 0 atom stereocenters. The summed E-state index contributed by atoms with van der Waals surface area (Å²) in [6.07, 6.45) is -2.84. The SMILES string of the molecule is O=C(NCC(F)(F)F)c1cccc(NCCn2nc3ccccn3c2=O)c1. The highest BCUT2D eigenvalue weighted by Gasteiger charge is 2.27. The van der Waals surface area contributed by atoms with E-state index in [4.69, 9.17) is 0 Å². The number of nitrogens with zero attached hydrogens (tertiary/aromatic N) is 3. The van der Waals surface area contributed by atoms with Crippen molar-refractivity contribution in [3.8, 4) is 0 Å². The summed E-state index contributed by atoms with van der Waals surface area (Å²) in [6, 6.07) is 11.3. The van der Waals surface area contributed by atoms with Gasteiger partial charge in [0.15, 0.2) is 5.65 Å². The van der Waals surface area contributed by atoms with Crippen LogP contribution in [-0.4, -0.2) is 39.4 Å². The first-order valence-electron chi connectivity index (χ1n) is 8.06. The third-order valence-corrected chi connectivity index (χ3v) is 3.72. The minimum absolute atomic E-state index is 0.106. The number of pyridine rings is 1. The number of rotatable bonds is 6. The Balaban J connectivity index is 1.60. The van der Waals surface area contributed by atoms with Gasteiger partial charge in [0.2, 0.25) is 0 Å². The summed E-state index contributed by atoms with van der Waals surface area (Å²) in [5.41, 5.74) is 0.916. The predicted molar refractivity (Wildman–Crippen MR) is 92.8 cm³/mol. The van der Waals surface area contributed by atoms with Crippen molar-refractivity contribution in [1.29, 1.82) is 0 Å². The van der Waals surface area contributed by atoms with E-state index in [1.807, 2.05) is 5.32 Å². The van der Waals surface area contributed by atoms with Crippen molar-refractivity contribution in [2.75, 3.05) is 18.4 Å². The van der Waals surface area contributed by atoms with Crippen LogP contribution < -0.4 is 16.3 Å². The van der Waals surface area contributed by atoms with E-state index in [9.17, 15) is 22.8 Å². The zero-order chi connectivity index (χ0) is 19.4. The highest BCUT2D eigenvalue weighted by Crippen LogP contribution is 2.14. The summed E-state index contributed by atoms with van der Waals surface area (Å²) in [4.78, 5) is 23.9. The topological polar surface area (TPSA) is 80.4 Å². The van der Waals surface area contributed by atoms with Crippen LogP contribution in [0.3, 0.4) is 0 Å². The number of carbonyl (C=O) groups excluding carboxylic acids is 1. The van der Waals surface area contributed by atoms with Crippen molar-refractivity contribution in [2.45, 2.75) is 12.7 Å². The summed E-state index contributed by atoms with van der Waals surface area (Å²) in [6.45, 7) is -0.761. The van der Waals surface area contributed by atoms with Crippen LogP contribution in [0.4, 0.5) is 18.9 Å². The molecule has 2 heterocycles. The zero-order valence-corrected chi connectivity index (χ0v) is 14.0. The van der Waals surface area contributed by atoms with Crippen LogP contribution in [0, 0.1) is 0 Å². The van der Waals surface area contributed by atoms with Crippen molar-refractivity contribution < 1.29 is 18.0 Å². The first-order chi connectivity index (χ1) is 12.8. The van der Waals surface area contributed by atoms with Gasteiger partial charge in [-0.25, -0.2) is 9.48 Å². The maximum Gasteiger partial charge on any atom is 0.405 e. The van der Waals surface area contributed by atoms with Gasteiger partial charge in [-0.3, -0.25) is 9.20 Å². The van der Waals surface area contributed by atoms with E-state index >= 15 is 0 Å². The Kier molecular flexibility index (Phi) is 5.15. The highest BCUT2D eigenvalue weighted by molar-refractivity contribution is 5.95. The lowest BCUT2D eigenvalue weighted by molar-refractivity contribution is -0.123. The number of fused-ring (bicyclic) bond motifs is 1. The second-order valence-corrected chi connectivity index (χ2v) is 5.74. The van der Waals surface area contributed by atoms with Gasteiger partial charge in [-0.2, -0.15) is 13.2 Å². The third kappa shape index (κ3) is 4.66. The van der Waals surface area contributed by atoms with Crippen LogP contribution >= 0.6 is 0 Å². The number of hydrogen-bond acceptors (Lipinski definition) is 4. The Hall–Kier alpha value is -3.30. The Morgan fingerprint density at radius 3 is 2.70 bits per heavy atom. The first kappa shape index (κ1) is 18.5. The molecule has 2 N–H and O–H groups in total. The van der Waals surface area contributed by atoms with Crippen LogP contribution in [-0.2, 0) is 6.54 Å². The van der Waals surface area contributed by atoms with Gasteiger partial charge in [0.1, 0.15) is 6.54 Å². The molecule has 1 amide bonds. The molecule has 3 rings (SSSR count). The lowest BCUT2D eigenvalue weighted by Crippen LogP contribution is -2.33. The van der Waals surface area contributed by atoms with Gasteiger partial charge >= 0.3 is 11.9 Å². The van der Waals surface area contributed by atoms with Gasteiger partial charge in [0.25, 0.3) is 5.91 Å². The molecule has 0 bridgehead atoms. The molecule has 0 saturated carbocycles. The fourth-order valence-electron chi connectivity index (χ4n) is 2.47. The number of nitrogens with one attached hydrogen (secondary N) is 2. The van der Waals surface area contributed by atoms with Gasteiger partial charge in [-0.05, 0) is 30.3 Å². The Labute approximate surface area is 151 Å². The Morgan fingerprint density at radius 1 is 1.15 bits per heavy atom. The smallest absolute Gasteiger partial charge is 0.383 e. The lowest BCUT2D eigenvalue weighted by Gasteiger charge is -2.10. The van der Waals surface area contributed by atoms with Crippen molar-refractivity contribution in [2.24, 2.45) is 0 Å². The second kappa shape index (κ2) is 7.52. The fraction of sp³-hybridized carbons (Fsp3) is 0.235. The summed E-state index contributed by atoms with van der Waals surface area (Å²) >= 11 is 0. The average Bonchev–Trinajstić information content (AvgIpc) is 2.96. The molecule has 0 saturated heterocycles. The van der Waals surface area contributed by atoms with Crippen molar-refractivity contribution in [3.05, 3.63) is 64.7 Å². The molecule has 142 valence electrons. The summed E-state index contributed by atoms with van der Waals surface area (Å²) < 4.78 is 39.3. The monoisotopic (exact) mass is 379 g/mol. The Bertz CT molecular complexity index is 1010. The molecule has 7 nitrogen and oxygen atoms in total. The molecule has 10 heteroatoms. The molecule has 0 spiro atoms.